The van der Waals surface area contributed by atoms with Crippen LogP contribution in [-0.2, 0) is 6.54 Å². The van der Waals surface area contributed by atoms with E-state index in [1.807, 2.05) is 13.1 Å². The van der Waals surface area contributed by atoms with Crippen molar-refractivity contribution in [3.8, 4) is 11.3 Å². The van der Waals surface area contributed by atoms with Gasteiger partial charge >= 0.3 is 0 Å². The standard InChI is InChI=1S/C20H26N2O/c1-14-8-9-16(12-15(14)2)19-11-10-17(13-21-3)20(23)22(19)18-6-4-5-7-18/h8-12,18,21H,4-7,13H2,1-3H3. The Morgan fingerprint density at radius 2 is 1.83 bits per heavy atom. The molecule has 0 bridgehead atoms. The predicted molar refractivity (Wildman–Crippen MR) is 95.9 cm³/mol. The molecule has 0 aliphatic heterocycles. The van der Waals surface area contributed by atoms with Crippen LogP contribution >= 0.6 is 0 Å². The SMILES string of the molecule is CNCc1ccc(-c2ccc(C)c(C)c2)n(C2CCCC2)c1=O. The van der Waals surface area contributed by atoms with Crippen molar-refractivity contribution in [1.82, 2.24) is 9.88 Å². The summed E-state index contributed by atoms with van der Waals surface area (Å²) in [6, 6.07) is 10.9. The number of pyridine rings is 1. The normalized spacial score (nSPS) is 15.3. The molecule has 3 rings (SSSR count). The molecule has 0 atom stereocenters. The van der Waals surface area contributed by atoms with Gasteiger partial charge in [0.1, 0.15) is 0 Å². The highest BCUT2D eigenvalue weighted by molar-refractivity contribution is 5.62. The molecule has 23 heavy (non-hydrogen) atoms. The lowest BCUT2D eigenvalue weighted by atomic mass is 10.0. The van der Waals surface area contributed by atoms with Crippen molar-refractivity contribution in [2.45, 2.75) is 52.1 Å². The van der Waals surface area contributed by atoms with Gasteiger partial charge in [0.05, 0.1) is 5.69 Å². The number of nitrogens with one attached hydrogen (secondary N) is 1. The van der Waals surface area contributed by atoms with E-state index in [1.165, 1.54) is 24.0 Å². The highest BCUT2D eigenvalue weighted by Crippen LogP contribution is 2.32. The van der Waals surface area contributed by atoms with Crippen molar-refractivity contribution in [3.63, 3.8) is 0 Å². The second kappa shape index (κ2) is 6.71. The minimum Gasteiger partial charge on any atom is -0.315 e. The maximum atomic E-state index is 13.0. The molecule has 1 aromatic heterocycles. The quantitative estimate of drug-likeness (QED) is 0.927. The third-order valence-corrected chi connectivity index (χ3v) is 5.06. The van der Waals surface area contributed by atoms with Crippen LogP contribution in [0.15, 0.2) is 35.1 Å². The summed E-state index contributed by atoms with van der Waals surface area (Å²) >= 11 is 0. The summed E-state index contributed by atoms with van der Waals surface area (Å²) in [6.45, 7) is 4.88. The summed E-state index contributed by atoms with van der Waals surface area (Å²) in [7, 11) is 1.89. The zero-order valence-electron chi connectivity index (χ0n) is 14.4. The fourth-order valence-corrected chi connectivity index (χ4v) is 3.58. The number of nitrogens with zero attached hydrogens (tertiary/aromatic N) is 1. The molecule has 1 heterocycles. The van der Waals surface area contributed by atoms with Gasteiger partial charge in [-0.1, -0.05) is 31.0 Å². The Morgan fingerprint density at radius 3 is 2.48 bits per heavy atom. The largest absolute Gasteiger partial charge is 0.315 e. The third kappa shape index (κ3) is 3.11. The third-order valence-electron chi connectivity index (χ3n) is 5.06. The number of hydrogen-bond donors (Lipinski definition) is 1. The molecule has 122 valence electrons. The van der Waals surface area contributed by atoms with Gasteiger partial charge in [-0.2, -0.15) is 0 Å². The Kier molecular flexibility index (Phi) is 4.67. The Morgan fingerprint density at radius 1 is 1.09 bits per heavy atom. The van der Waals surface area contributed by atoms with E-state index in [1.54, 1.807) is 0 Å². The predicted octanol–water partition coefficient (Wildman–Crippen LogP) is 3.97. The van der Waals surface area contributed by atoms with Crippen molar-refractivity contribution in [2.75, 3.05) is 7.05 Å². The molecule has 2 aromatic rings. The molecule has 0 saturated heterocycles. The molecule has 1 N–H and O–H groups in total. The molecular weight excluding hydrogens is 284 g/mol. The lowest BCUT2D eigenvalue weighted by Crippen LogP contribution is -2.29. The molecule has 0 radical (unpaired) electrons. The van der Waals surface area contributed by atoms with Gasteiger partial charge in [-0.15, -0.1) is 0 Å². The molecular formula is C20H26N2O. The van der Waals surface area contributed by atoms with E-state index in [4.69, 9.17) is 0 Å². The summed E-state index contributed by atoms with van der Waals surface area (Å²) in [5.74, 6) is 0. The van der Waals surface area contributed by atoms with E-state index in [0.717, 1.165) is 29.7 Å². The van der Waals surface area contributed by atoms with Gasteiger partial charge < -0.3 is 9.88 Å². The highest BCUT2D eigenvalue weighted by Gasteiger charge is 2.22. The van der Waals surface area contributed by atoms with Gasteiger partial charge in [-0.25, -0.2) is 0 Å². The molecule has 0 spiro atoms. The van der Waals surface area contributed by atoms with Crippen LogP contribution in [0, 0.1) is 13.8 Å². The monoisotopic (exact) mass is 310 g/mol. The molecule has 1 aromatic carbocycles. The van der Waals surface area contributed by atoms with Crippen molar-refractivity contribution in [2.24, 2.45) is 0 Å². The molecule has 0 amide bonds. The van der Waals surface area contributed by atoms with Crippen LogP contribution in [0.3, 0.4) is 0 Å². The van der Waals surface area contributed by atoms with E-state index in [-0.39, 0.29) is 5.56 Å². The number of benzene rings is 1. The van der Waals surface area contributed by atoms with Gasteiger partial charge in [0.25, 0.3) is 5.56 Å². The highest BCUT2D eigenvalue weighted by atomic mass is 16.1. The van der Waals surface area contributed by atoms with Crippen LogP contribution in [0.5, 0.6) is 0 Å². The number of hydrogen-bond acceptors (Lipinski definition) is 2. The first-order valence-electron chi connectivity index (χ1n) is 8.58. The lowest BCUT2D eigenvalue weighted by Gasteiger charge is -2.21. The maximum Gasteiger partial charge on any atom is 0.255 e. The van der Waals surface area contributed by atoms with Gasteiger partial charge in [0.15, 0.2) is 0 Å². The Balaban J connectivity index is 2.16. The number of aromatic nitrogens is 1. The van der Waals surface area contributed by atoms with Crippen LogP contribution in [0.1, 0.15) is 48.4 Å². The van der Waals surface area contributed by atoms with Crippen LogP contribution in [0.2, 0.25) is 0 Å². The van der Waals surface area contributed by atoms with Crippen LogP contribution < -0.4 is 10.9 Å². The Labute approximate surface area is 138 Å². The molecule has 3 nitrogen and oxygen atoms in total. The molecule has 0 unspecified atom stereocenters. The van der Waals surface area contributed by atoms with E-state index in [0.29, 0.717) is 12.6 Å². The summed E-state index contributed by atoms with van der Waals surface area (Å²) in [5, 5.41) is 3.11. The average Bonchev–Trinajstić information content (AvgIpc) is 3.06. The molecule has 1 aliphatic rings. The van der Waals surface area contributed by atoms with E-state index >= 15 is 0 Å². The fraction of sp³-hybridized carbons (Fsp3) is 0.450. The zero-order chi connectivity index (χ0) is 16.4. The fourth-order valence-electron chi connectivity index (χ4n) is 3.58. The molecule has 1 aliphatic carbocycles. The number of rotatable bonds is 4. The van der Waals surface area contributed by atoms with Crippen LogP contribution in [-0.4, -0.2) is 11.6 Å². The van der Waals surface area contributed by atoms with Gasteiger partial charge in [-0.05, 0) is 62.6 Å². The summed E-state index contributed by atoms with van der Waals surface area (Å²) in [5.41, 5.74) is 5.79. The summed E-state index contributed by atoms with van der Waals surface area (Å²) in [4.78, 5) is 13.0. The van der Waals surface area contributed by atoms with Crippen molar-refractivity contribution < 1.29 is 0 Å². The van der Waals surface area contributed by atoms with Crippen molar-refractivity contribution in [1.29, 1.82) is 0 Å². The van der Waals surface area contributed by atoms with Crippen molar-refractivity contribution in [3.05, 3.63) is 57.4 Å². The van der Waals surface area contributed by atoms with Gasteiger partial charge in [0.2, 0.25) is 0 Å². The smallest absolute Gasteiger partial charge is 0.255 e. The summed E-state index contributed by atoms with van der Waals surface area (Å²) < 4.78 is 2.06. The van der Waals surface area contributed by atoms with E-state index in [9.17, 15) is 4.79 Å². The average molecular weight is 310 g/mol. The first-order chi connectivity index (χ1) is 11.1. The number of aryl methyl sites for hydroxylation is 2. The zero-order valence-corrected chi connectivity index (χ0v) is 14.4. The maximum absolute atomic E-state index is 13.0. The van der Waals surface area contributed by atoms with E-state index < -0.39 is 0 Å². The Bertz CT molecular complexity index is 755. The lowest BCUT2D eigenvalue weighted by molar-refractivity contribution is 0.503. The first kappa shape index (κ1) is 16.0. The van der Waals surface area contributed by atoms with Crippen LogP contribution in [0.4, 0.5) is 0 Å². The summed E-state index contributed by atoms with van der Waals surface area (Å²) in [6.07, 6.45) is 4.67. The van der Waals surface area contributed by atoms with E-state index in [2.05, 4.69) is 48.0 Å². The topological polar surface area (TPSA) is 34.0 Å². The van der Waals surface area contributed by atoms with Crippen LogP contribution in [0.25, 0.3) is 11.3 Å². The molecule has 3 heteroatoms. The minimum atomic E-state index is 0.168. The molecule has 1 saturated carbocycles. The van der Waals surface area contributed by atoms with Gasteiger partial charge in [-0.3, -0.25) is 4.79 Å². The second-order valence-corrected chi connectivity index (χ2v) is 6.69. The Hall–Kier alpha value is -1.87. The second-order valence-electron chi connectivity index (χ2n) is 6.69. The molecule has 1 fully saturated rings. The van der Waals surface area contributed by atoms with Crippen molar-refractivity contribution >= 4 is 0 Å². The first-order valence-corrected chi connectivity index (χ1v) is 8.58. The van der Waals surface area contributed by atoms with Gasteiger partial charge in [0, 0.05) is 18.2 Å². The minimum absolute atomic E-state index is 0.168.